The first-order valence-corrected chi connectivity index (χ1v) is 15.1. The van der Waals surface area contributed by atoms with E-state index >= 15 is 0 Å². The lowest BCUT2D eigenvalue weighted by Gasteiger charge is -2.14. The number of amides is 1. The SMILES string of the molecule is Cc1ccc(C)c(NS(=O)(=O)c2cc(C(=O)Nc3ccc(S(=O)(=O)Nc4ccc(Cl)cc4)cc3)ccc2C)c1. The van der Waals surface area contributed by atoms with Gasteiger partial charge in [-0.05, 0) is 104 Å². The Bertz CT molecular complexity index is 1750. The molecule has 0 aliphatic carbocycles. The van der Waals surface area contributed by atoms with Crippen molar-refractivity contribution in [1.82, 2.24) is 0 Å². The number of anilines is 3. The Morgan fingerprint density at radius 3 is 1.95 bits per heavy atom. The van der Waals surface area contributed by atoms with E-state index in [0.29, 0.717) is 27.6 Å². The molecule has 4 aromatic rings. The molecule has 202 valence electrons. The Hall–Kier alpha value is -3.86. The van der Waals surface area contributed by atoms with Crippen molar-refractivity contribution in [2.24, 2.45) is 0 Å². The first-order valence-electron chi connectivity index (χ1n) is 11.7. The van der Waals surface area contributed by atoms with Gasteiger partial charge in [-0.3, -0.25) is 14.2 Å². The van der Waals surface area contributed by atoms with Crippen LogP contribution in [0.2, 0.25) is 5.02 Å². The molecule has 0 aliphatic heterocycles. The van der Waals surface area contributed by atoms with Crippen molar-refractivity contribution in [3.05, 3.63) is 112 Å². The molecule has 3 N–H and O–H groups in total. The van der Waals surface area contributed by atoms with Crippen LogP contribution >= 0.6 is 11.6 Å². The number of nitrogens with one attached hydrogen (secondary N) is 3. The van der Waals surface area contributed by atoms with Crippen molar-refractivity contribution in [1.29, 1.82) is 0 Å². The largest absolute Gasteiger partial charge is 0.322 e. The predicted molar refractivity (Wildman–Crippen MR) is 155 cm³/mol. The number of rotatable bonds is 8. The highest BCUT2D eigenvalue weighted by molar-refractivity contribution is 7.93. The Balaban J connectivity index is 1.51. The number of hydrogen-bond acceptors (Lipinski definition) is 5. The summed E-state index contributed by atoms with van der Waals surface area (Å²) in [5, 5.41) is 3.15. The summed E-state index contributed by atoms with van der Waals surface area (Å²) in [4.78, 5) is 12.9. The van der Waals surface area contributed by atoms with Crippen molar-refractivity contribution in [2.45, 2.75) is 30.6 Å². The van der Waals surface area contributed by atoms with Crippen molar-refractivity contribution in [3.8, 4) is 0 Å². The summed E-state index contributed by atoms with van der Waals surface area (Å²) in [6, 6.07) is 21.7. The Kier molecular flexibility index (Phi) is 8.01. The molecule has 0 saturated carbocycles. The summed E-state index contributed by atoms with van der Waals surface area (Å²) >= 11 is 5.84. The normalized spacial score (nSPS) is 11.6. The zero-order chi connectivity index (χ0) is 28.4. The van der Waals surface area contributed by atoms with Gasteiger partial charge in [0.1, 0.15) is 0 Å². The molecule has 0 saturated heterocycles. The molecule has 0 unspecified atom stereocenters. The maximum Gasteiger partial charge on any atom is 0.262 e. The van der Waals surface area contributed by atoms with Crippen LogP contribution in [0.1, 0.15) is 27.0 Å². The molecule has 0 radical (unpaired) electrons. The Morgan fingerprint density at radius 1 is 0.667 bits per heavy atom. The zero-order valence-electron chi connectivity index (χ0n) is 21.3. The highest BCUT2D eigenvalue weighted by Crippen LogP contribution is 2.25. The summed E-state index contributed by atoms with van der Waals surface area (Å²) < 4.78 is 56.8. The molecular weight excluding hydrogens is 558 g/mol. The molecule has 0 heterocycles. The second kappa shape index (κ2) is 11.1. The van der Waals surface area contributed by atoms with E-state index in [1.165, 1.54) is 36.4 Å². The number of carbonyl (C=O) groups excluding carboxylic acids is 1. The van der Waals surface area contributed by atoms with E-state index in [0.717, 1.165) is 11.1 Å². The van der Waals surface area contributed by atoms with Crippen LogP contribution in [0.15, 0.2) is 94.7 Å². The number of sulfonamides is 2. The van der Waals surface area contributed by atoms with Gasteiger partial charge in [0, 0.05) is 22.0 Å². The number of benzene rings is 4. The first-order chi connectivity index (χ1) is 18.3. The van der Waals surface area contributed by atoms with E-state index in [9.17, 15) is 21.6 Å². The van der Waals surface area contributed by atoms with Gasteiger partial charge in [-0.15, -0.1) is 0 Å². The minimum atomic E-state index is -3.97. The van der Waals surface area contributed by atoms with Gasteiger partial charge in [0.15, 0.2) is 0 Å². The van der Waals surface area contributed by atoms with Crippen LogP contribution in [0, 0.1) is 20.8 Å². The van der Waals surface area contributed by atoms with E-state index in [-0.39, 0.29) is 15.4 Å². The summed E-state index contributed by atoms with van der Waals surface area (Å²) in [6.07, 6.45) is 0. The average Bonchev–Trinajstić information content (AvgIpc) is 2.88. The van der Waals surface area contributed by atoms with Gasteiger partial charge >= 0.3 is 0 Å². The van der Waals surface area contributed by atoms with Crippen LogP contribution in [-0.4, -0.2) is 22.7 Å². The maximum atomic E-state index is 13.2. The number of carbonyl (C=O) groups is 1. The monoisotopic (exact) mass is 583 g/mol. The molecule has 4 aromatic carbocycles. The van der Waals surface area contributed by atoms with E-state index in [4.69, 9.17) is 11.6 Å². The lowest BCUT2D eigenvalue weighted by atomic mass is 10.1. The fraction of sp³-hybridized carbons (Fsp3) is 0.107. The topological polar surface area (TPSA) is 121 Å². The van der Waals surface area contributed by atoms with Crippen molar-refractivity contribution in [3.63, 3.8) is 0 Å². The Morgan fingerprint density at radius 2 is 1.28 bits per heavy atom. The third-order valence-electron chi connectivity index (χ3n) is 5.90. The summed E-state index contributed by atoms with van der Waals surface area (Å²) in [5.41, 5.74) is 3.44. The summed E-state index contributed by atoms with van der Waals surface area (Å²) in [5.74, 6) is -0.548. The van der Waals surface area contributed by atoms with Gasteiger partial charge in [-0.2, -0.15) is 0 Å². The molecule has 4 rings (SSSR count). The fourth-order valence-electron chi connectivity index (χ4n) is 3.73. The van der Waals surface area contributed by atoms with Crippen LogP contribution in [0.4, 0.5) is 17.1 Å². The van der Waals surface area contributed by atoms with Crippen LogP contribution < -0.4 is 14.8 Å². The number of hydrogen-bond donors (Lipinski definition) is 3. The lowest BCUT2D eigenvalue weighted by Crippen LogP contribution is -2.18. The van der Waals surface area contributed by atoms with Gasteiger partial charge in [0.25, 0.3) is 26.0 Å². The average molecular weight is 584 g/mol. The predicted octanol–water partition coefficient (Wildman–Crippen LogP) is 6.12. The summed E-state index contributed by atoms with van der Waals surface area (Å²) in [7, 11) is -7.83. The molecule has 0 aromatic heterocycles. The van der Waals surface area contributed by atoms with Crippen LogP contribution in [-0.2, 0) is 20.0 Å². The Labute approximate surface area is 233 Å². The molecule has 8 nitrogen and oxygen atoms in total. The minimum Gasteiger partial charge on any atom is -0.322 e. The standard InChI is InChI=1S/C28H26ClN3O5S2/c1-18-4-5-19(2)26(16-18)32-39(36,37)27-17-21(7-6-20(27)3)28(33)30-23-12-14-25(15-13-23)38(34,35)31-24-10-8-22(29)9-11-24/h4-17,31-32H,1-3H3,(H,30,33). The molecule has 0 spiro atoms. The van der Waals surface area contributed by atoms with Gasteiger partial charge in [0.05, 0.1) is 15.5 Å². The smallest absolute Gasteiger partial charge is 0.262 e. The van der Waals surface area contributed by atoms with Crippen molar-refractivity contribution in [2.75, 3.05) is 14.8 Å². The molecule has 0 fully saturated rings. The highest BCUT2D eigenvalue weighted by atomic mass is 35.5. The van der Waals surface area contributed by atoms with Gasteiger partial charge in [0.2, 0.25) is 0 Å². The second-order valence-corrected chi connectivity index (χ2v) is 12.8. The quantitative estimate of drug-likeness (QED) is 0.231. The molecule has 1 amide bonds. The molecular formula is C28H26ClN3O5S2. The third-order valence-corrected chi connectivity index (χ3v) is 9.05. The molecule has 39 heavy (non-hydrogen) atoms. The van der Waals surface area contributed by atoms with Crippen LogP contribution in [0.3, 0.4) is 0 Å². The fourth-order valence-corrected chi connectivity index (χ4v) is 6.31. The second-order valence-electron chi connectivity index (χ2n) is 9.00. The number of aryl methyl sites for hydroxylation is 3. The molecule has 0 aliphatic rings. The zero-order valence-corrected chi connectivity index (χ0v) is 23.7. The minimum absolute atomic E-state index is 0.00307. The van der Waals surface area contributed by atoms with E-state index in [2.05, 4.69) is 14.8 Å². The van der Waals surface area contributed by atoms with Crippen molar-refractivity contribution < 1.29 is 21.6 Å². The lowest BCUT2D eigenvalue weighted by molar-refractivity contribution is 0.102. The third kappa shape index (κ3) is 6.78. The van der Waals surface area contributed by atoms with Gasteiger partial charge in [-0.25, -0.2) is 16.8 Å². The van der Waals surface area contributed by atoms with Gasteiger partial charge < -0.3 is 5.32 Å². The maximum absolute atomic E-state index is 13.2. The molecule has 0 bridgehead atoms. The van der Waals surface area contributed by atoms with E-state index in [1.54, 1.807) is 50.2 Å². The van der Waals surface area contributed by atoms with E-state index in [1.807, 2.05) is 19.1 Å². The van der Waals surface area contributed by atoms with Crippen LogP contribution in [0.25, 0.3) is 0 Å². The highest BCUT2D eigenvalue weighted by Gasteiger charge is 2.21. The number of halogens is 1. The summed E-state index contributed by atoms with van der Waals surface area (Å²) in [6.45, 7) is 5.32. The van der Waals surface area contributed by atoms with Gasteiger partial charge in [-0.1, -0.05) is 29.8 Å². The first kappa shape index (κ1) is 28.2. The van der Waals surface area contributed by atoms with E-state index < -0.39 is 26.0 Å². The molecule has 0 atom stereocenters. The van der Waals surface area contributed by atoms with Crippen LogP contribution in [0.5, 0.6) is 0 Å². The molecule has 11 heteroatoms. The van der Waals surface area contributed by atoms with Crippen molar-refractivity contribution >= 4 is 54.6 Å².